The molecule has 96 valence electrons. The fourth-order valence-corrected chi connectivity index (χ4v) is 2.56. The maximum absolute atomic E-state index is 13.0. The van der Waals surface area contributed by atoms with Gasteiger partial charge in [-0.1, -0.05) is 0 Å². The van der Waals surface area contributed by atoms with Crippen molar-refractivity contribution in [3.8, 4) is 0 Å². The smallest absolute Gasteiger partial charge is 0.375 e. The van der Waals surface area contributed by atoms with Crippen LogP contribution in [0.1, 0.15) is 6.92 Å². The van der Waals surface area contributed by atoms with E-state index in [9.17, 15) is 17.6 Å². The molecule has 0 unspecified atom stereocenters. The molecule has 6 nitrogen and oxygen atoms in total. The molecule has 0 aliphatic carbocycles. The van der Waals surface area contributed by atoms with Crippen LogP contribution in [0.4, 0.5) is 10.1 Å². The Labute approximate surface area is 103 Å². The number of sulfonamides is 1. The number of amidine groups is 1. The van der Waals surface area contributed by atoms with Crippen LogP contribution in [0.25, 0.3) is 0 Å². The molecule has 0 atom stereocenters. The van der Waals surface area contributed by atoms with Gasteiger partial charge in [-0.25, -0.2) is 22.6 Å². The Hall–Kier alpha value is -1.96. The van der Waals surface area contributed by atoms with Crippen LogP contribution in [0.3, 0.4) is 0 Å². The number of hydrogen-bond acceptors (Lipinski definition) is 5. The molecule has 1 aliphatic heterocycles. The lowest BCUT2D eigenvalue weighted by molar-refractivity contribution is -0.135. The van der Waals surface area contributed by atoms with Crippen LogP contribution in [-0.2, 0) is 19.6 Å². The van der Waals surface area contributed by atoms with Gasteiger partial charge in [0, 0.05) is 0 Å². The van der Waals surface area contributed by atoms with E-state index >= 15 is 0 Å². The van der Waals surface area contributed by atoms with Gasteiger partial charge < -0.3 is 4.74 Å². The molecule has 1 heterocycles. The fourth-order valence-electron chi connectivity index (χ4n) is 1.41. The summed E-state index contributed by atoms with van der Waals surface area (Å²) in [6.07, 6.45) is 0. The standard InChI is InChI=1S/C10H9FN2O4S/c1-2-17-10(14)9-12-7-4-3-6(11)5-8(7)18(15,16)13-9/h3-5H,2H2,1H3,(H,12,13). The average Bonchev–Trinajstić information content (AvgIpc) is 2.29. The van der Waals surface area contributed by atoms with Crippen molar-refractivity contribution in [2.75, 3.05) is 6.61 Å². The monoisotopic (exact) mass is 272 g/mol. The van der Waals surface area contributed by atoms with E-state index in [0.29, 0.717) is 0 Å². The van der Waals surface area contributed by atoms with Gasteiger partial charge in [0.1, 0.15) is 10.7 Å². The number of rotatable bonds is 2. The Balaban J connectivity index is 2.53. The SMILES string of the molecule is CCOC(=O)C1=Nc2ccc(F)cc2S(=O)(=O)N1. The van der Waals surface area contributed by atoms with Crippen LogP contribution in [0, 0.1) is 5.82 Å². The second kappa shape index (κ2) is 4.37. The molecule has 2 rings (SSSR count). The summed E-state index contributed by atoms with van der Waals surface area (Å²) in [6, 6.07) is 3.08. The molecule has 18 heavy (non-hydrogen) atoms. The molecule has 1 N–H and O–H groups in total. The molecule has 0 fully saturated rings. The highest BCUT2D eigenvalue weighted by Crippen LogP contribution is 2.28. The molecule has 1 aromatic rings. The molecule has 8 heteroatoms. The third-order valence-electron chi connectivity index (χ3n) is 2.14. The Kier molecular flexibility index (Phi) is 3.04. The van der Waals surface area contributed by atoms with Crippen molar-refractivity contribution in [2.45, 2.75) is 11.8 Å². The van der Waals surface area contributed by atoms with Gasteiger partial charge in [0.15, 0.2) is 0 Å². The summed E-state index contributed by atoms with van der Waals surface area (Å²) >= 11 is 0. The minimum atomic E-state index is -4.00. The minimum Gasteiger partial charge on any atom is -0.460 e. The summed E-state index contributed by atoms with van der Waals surface area (Å²) in [7, 11) is -4.00. The molecular formula is C10H9FN2O4S. The number of esters is 1. The van der Waals surface area contributed by atoms with E-state index in [1.807, 2.05) is 4.72 Å². The Bertz CT molecular complexity index is 639. The lowest BCUT2D eigenvalue weighted by Crippen LogP contribution is -2.39. The van der Waals surface area contributed by atoms with E-state index in [4.69, 9.17) is 0 Å². The van der Waals surface area contributed by atoms with Crippen LogP contribution < -0.4 is 4.72 Å². The normalized spacial score (nSPS) is 16.2. The summed E-state index contributed by atoms with van der Waals surface area (Å²) < 4.78 is 43.1. The van der Waals surface area contributed by atoms with Gasteiger partial charge in [-0.15, -0.1) is 0 Å². The molecular weight excluding hydrogens is 263 g/mol. The Morgan fingerprint density at radius 3 is 2.89 bits per heavy atom. The van der Waals surface area contributed by atoms with Crippen molar-refractivity contribution < 1.29 is 22.3 Å². The van der Waals surface area contributed by atoms with Gasteiger partial charge in [-0.3, -0.25) is 4.72 Å². The summed E-state index contributed by atoms with van der Waals surface area (Å²) in [5.74, 6) is -2.01. The van der Waals surface area contributed by atoms with Gasteiger partial charge in [-0.05, 0) is 25.1 Å². The van der Waals surface area contributed by atoms with E-state index in [1.54, 1.807) is 6.92 Å². The maximum atomic E-state index is 13.0. The van der Waals surface area contributed by atoms with Crippen molar-refractivity contribution in [1.82, 2.24) is 4.72 Å². The molecule has 0 saturated heterocycles. The molecule has 1 aromatic carbocycles. The number of nitrogens with zero attached hydrogens (tertiary/aromatic N) is 1. The highest BCUT2D eigenvalue weighted by molar-refractivity contribution is 7.90. The van der Waals surface area contributed by atoms with Crippen LogP contribution >= 0.6 is 0 Å². The van der Waals surface area contributed by atoms with Crippen LogP contribution in [0.2, 0.25) is 0 Å². The number of nitrogens with one attached hydrogen (secondary N) is 1. The number of aliphatic imine (C=N–C) groups is 1. The molecule has 0 saturated carbocycles. The molecule has 0 radical (unpaired) electrons. The predicted molar refractivity (Wildman–Crippen MR) is 60.4 cm³/mol. The first-order chi connectivity index (χ1) is 8.44. The topological polar surface area (TPSA) is 84.8 Å². The van der Waals surface area contributed by atoms with Gasteiger partial charge in [0.05, 0.1) is 12.3 Å². The van der Waals surface area contributed by atoms with Gasteiger partial charge in [0.2, 0.25) is 5.84 Å². The second-order valence-electron chi connectivity index (χ2n) is 3.40. The van der Waals surface area contributed by atoms with Crippen LogP contribution in [0.5, 0.6) is 0 Å². The third-order valence-corrected chi connectivity index (χ3v) is 3.51. The number of fused-ring (bicyclic) bond motifs is 1. The van der Waals surface area contributed by atoms with E-state index in [-0.39, 0.29) is 17.2 Å². The quantitative estimate of drug-likeness (QED) is 0.803. The Morgan fingerprint density at radius 1 is 1.50 bits per heavy atom. The van der Waals surface area contributed by atoms with Crippen molar-refractivity contribution in [1.29, 1.82) is 0 Å². The summed E-state index contributed by atoms with van der Waals surface area (Å²) in [6.45, 7) is 1.68. The van der Waals surface area contributed by atoms with E-state index in [2.05, 4.69) is 9.73 Å². The average molecular weight is 272 g/mol. The van der Waals surface area contributed by atoms with Crippen LogP contribution in [-0.4, -0.2) is 26.8 Å². The molecule has 0 amide bonds. The van der Waals surface area contributed by atoms with Crippen LogP contribution in [0.15, 0.2) is 28.1 Å². The molecule has 0 bridgehead atoms. The minimum absolute atomic E-state index is 0.00166. The highest BCUT2D eigenvalue weighted by Gasteiger charge is 2.29. The van der Waals surface area contributed by atoms with Crippen molar-refractivity contribution in [3.05, 3.63) is 24.0 Å². The lowest BCUT2D eigenvalue weighted by atomic mass is 10.3. The number of halogens is 1. The largest absolute Gasteiger partial charge is 0.460 e. The van der Waals surface area contributed by atoms with Gasteiger partial charge >= 0.3 is 5.97 Å². The lowest BCUT2D eigenvalue weighted by Gasteiger charge is -2.16. The zero-order valence-corrected chi connectivity index (χ0v) is 10.1. The highest BCUT2D eigenvalue weighted by atomic mass is 32.2. The Morgan fingerprint density at radius 2 is 2.22 bits per heavy atom. The van der Waals surface area contributed by atoms with E-state index in [0.717, 1.165) is 12.1 Å². The number of carbonyl (C=O) groups excluding carboxylic acids is 1. The van der Waals surface area contributed by atoms with Gasteiger partial charge in [-0.2, -0.15) is 0 Å². The van der Waals surface area contributed by atoms with Crippen molar-refractivity contribution >= 4 is 27.5 Å². The number of benzene rings is 1. The van der Waals surface area contributed by atoms with E-state index in [1.165, 1.54) is 6.07 Å². The fraction of sp³-hybridized carbons (Fsp3) is 0.200. The third kappa shape index (κ3) is 2.19. The number of carbonyl (C=O) groups is 1. The summed E-state index contributed by atoms with van der Waals surface area (Å²) in [5.41, 5.74) is -0.00166. The maximum Gasteiger partial charge on any atom is 0.375 e. The first-order valence-electron chi connectivity index (χ1n) is 5.02. The predicted octanol–water partition coefficient (Wildman–Crippen LogP) is 0.711. The molecule has 0 aromatic heterocycles. The second-order valence-corrected chi connectivity index (χ2v) is 5.05. The van der Waals surface area contributed by atoms with Crippen molar-refractivity contribution in [3.63, 3.8) is 0 Å². The van der Waals surface area contributed by atoms with Crippen molar-refractivity contribution in [2.24, 2.45) is 4.99 Å². The van der Waals surface area contributed by atoms with Gasteiger partial charge in [0.25, 0.3) is 10.0 Å². The number of hydrogen-bond donors (Lipinski definition) is 1. The van der Waals surface area contributed by atoms with E-state index < -0.39 is 27.6 Å². The molecule has 1 aliphatic rings. The zero-order valence-electron chi connectivity index (χ0n) is 9.31. The first kappa shape index (κ1) is 12.5. The number of ether oxygens (including phenoxy) is 1. The molecule has 0 spiro atoms. The first-order valence-corrected chi connectivity index (χ1v) is 6.50. The summed E-state index contributed by atoms with van der Waals surface area (Å²) in [5, 5.41) is 0. The zero-order chi connectivity index (χ0) is 13.3. The summed E-state index contributed by atoms with van der Waals surface area (Å²) in [4.78, 5) is 14.9.